The summed E-state index contributed by atoms with van der Waals surface area (Å²) in [6.45, 7) is 0.0256. The molecule has 0 amide bonds. The summed E-state index contributed by atoms with van der Waals surface area (Å²) in [6, 6.07) is 11.7. The van der Waals surface area contributed by atoms with Crippen molar-refractivity contribution in [2.45, 2.75) is 11.4 Å². The van der Waals surface area contributed by atoms with E-state index in [9.17, 15) is 17.2 Å². The van der Waals surface area contributed by atoms with Crippen molar-refractivity contribution in [3.8, 4) is 0 Å². The summed E-state index contributed by atoms with van der Waals surface area (Å²) in [5.41, 5.74) is 0.697. The zero-order valence-corrected chi connectivity index (χ0v) is 10.5. The normalized spacial score (nSPS) is 11.5. The van der Waals surface area contributed by atoms with E-state index in [1.54, 1.807) is 24.3 Å². The lowest BCUT2D eigenvalue weighted by atomic mass is 10.2. The quantitative estimate of drug-likeness (QED) is 0.935. The van der Waals surface area contributed by atoms with Gasteiger partial charge in [-0.3, -0.25) is 0 Å². The van der Waals surface area contributed by atoms with Gasteiger partial charge < -0.3 is 0 Å². The van der Waals surface area contributed by atoms with Gasteiger partial charge in [0, 0.05) is 12.6 Å². The molecular formula is C13H10F2NO2S. The van der Waals surface area contributed by atoms with Gasteiger partial charge in [0.2, 0.25) is 10.0 Å². The van der Waals surface area contributed by atoms with Crippen LogP contribution in [0, 0.1) is 17.7 Å². The fourth-order valence-corrected chi connectivity index (χ4v) is 2.54. The molecule has 0 spiro atoms. The van der Waals surface area contributed by atoms with E-state index in [-0.39, 0.29) is 6.54 Å². The van der Waals surface area contributed by atoms with Crippen molar-refractivity contribution in [3.63, 3.8) is 0 Å². The van der Waals surface area contributed by atoms with E-state index in [0.29, 0.717) is 11.6 Å². The van der Waals surface area contributed by atoms with E-state index < -0.39 is 26.6 Å². The first kappa shape index (κ1) is 13.6. The molecule has 0 aromatic heterocycles. The summed E-state index contributed by atoms with van der Waals surface area (Å²) < 4.78 is 51.9. The third-order valence-corrected chi connectivity index (χ3v) is 3.76. The van der Waals surface area contributed by atoms with Crippen LogP contribution in [0.1, 0.15) is 5.56 Å². The number of sulfonamides is 1. The van der Waals surface area contributed by atoms with Crippen molar-refractivity contribution in [2.75, 3.05) is 0 Å². The van der Waals surface area contributed by atoms with E-state index in [4.69, 9.17) is 0 Å². The topological polar surface area (TPSA) is 46.2 Å². The van der Waals surface area contributed by atoms with Gasteiger partial charge in [0.1, 0.15) is 11.6 Å². The Morgan fingerprint density at radius 3 is 2.42 bits per heavy atom. The number of halogens is 2. The first-order valence-corrected chi connectivity index (χ1v) is 6.86. The van der Waals surface area contributed by atoms with E-state index in [2.05, 4.69) is 10.8 Å². The maximum absolute atomic E-state index is 13.0. The van der Waals surface area contributed by atoms with Crippen molar-refractivity contribution >= 4 is 10.0 Å². The van der Waals surface area contributed by atoms with Gasteiger partial charge >= 0.3 is 0 Å². The van der Waals surface area contributed by atoms with E-state index in [1.807, 2.05) is 0 Å². The Morgan fingerprint density at radius 1 is 1.16 bits per heavy atom. The van der Waals surface area contributed by atoms with Gasteiger partial charge in [0.05, 0.1) is 4.90 Å². The van der Waals surface area contributed by atoms with Gasteiger partial charge in [0.15, 0.2) is 0 Å². The smallest absolute Gasteiger partial charge is 0.207 e. The Balaban J connectivity index is 2.19. The van der Waals surface area contributed by atoms with E-state index >= 15 is 0 Å². The van der Waals surface area contributed by atoms with Crippen LogP contribution < -0.4 is 4.72 Å². The number of rotatable bonds is 4. The van der Waals surface area contributed by atoms with Crippen LogP contribution in [0.15, 0.2) is 47.4 Å². The number of hydrogen-bond acceptors (Lipinski definition) is 2. The van der Waals surface area contributed by atoms with Crippen molar-refractivity contribution in [1.82, 2.24) is 4.72 Å². The lowest BCUT2D eigenvalue weighted by Gasteiger charge is -2.07. The van der Waals surface area contributed by atoms with Gasteiger partial charge in [0.25, 0.3) is 0 Å². The third kappa shape index (κ3) is 3.59. The summed E-state index contributed by atoms with van der Waals surface area (Å²) in [4.78, 5) is -0.440. The van der Waals surface area contributed by atoms with Crippen LogP contribution in [0.25, 0.3) is 0 Å². The summed E-state index contributed by atoms with van der Waals surface area (Å²) in [6.07, 6.45) is 0. The number of benzene rings is 2. The number of hydrogen-bond donors (Lipinski definition) is 1. The SMILES string of the molecule is O=S(=O)(NCc1c[c]ccc1)c1cc(F)cc(F)c1. The summed E-state index contributed by atoms with van der Waals surface area (Å²) in [7, 11) is -3.95. The van der Waals surface area contributed by atoms with Gasteiger partial charge in [-0.25, -0.2) is 21.9 Å². The fourth-order valence-electron chi connectivity index (χ4n) is 1.49. The highest BCUT2D eigenvalue weighted by atomic mass is 32.2. The molecule has 1 N–H and O–H groups in total. The molecule has 19 heavy (non-hydrogen) atoms. The Kier molecular flexibility index (Phi) is 3.92. The molecule has 2 aromatic rings. The second-order valence-corrected chi connectivity index (χ2v) is 5.61. The summed E-state index contributed by atoms with van der Waals surface area (Å²) in [5.74, 6) is -1.87. The Hall–Kier alpha value is -1.79. The predicted molar refractivity (Wildman–Crippen MR) is 65.7 cm³/mol. The minimum atomic E-state index is -3.95. The van der Waals surface area contributed by atoms with Crippen LogP contribution >= 0.6 is 0 Å². The molecule has 0 bridgehead atoms. The molecule has 2 aromatic carbocycles. The average molecular weight is 282 g/mol. The summed E-state index contributed by atoms with van der Waals surface area (Å²) >= 11 is 0. The number of nitrogens with one attached hydrogen (secondary N) is 1. The first-order chi connectivity index (χ1) is 8.97. The molecule has 0 saturated heterocycles. The van der Waals surface area contributed by atoms with Crippen molar-refractivity contribution in [2.24, 2.45) is 0 Å². The minimum absolute atomic E-state index is 0.0256. The molecule has 0 unspecified atom stereocenters. The highest BCUT2D eigenvalue weighted by Crippen LogP contribution is 2.13. The van der Waals surface area contributed by atoms with Gasteiger partial charge in [-0.05, 0) is 29.8 Å². The van der Waals surface area contributed by atoms with Crippen molar-refractivity contribution in [1.29, 1.82) is 0 Å². The zero-order valence-electron chi connectivity index (χ0n) is 9.73. The molecule has 0 aliphatic rings. The maximum atomic E-state index is 13.0. The zero-order chi connectivity index (χ0) is 13.9. The molecule has 2 rings (SSSR count). The van der Waals surface area contributed by atoms with Crippen molar-refractivity contribution < 1.29 is 17.2 Å². The largest absolute Gasteiger partial charge is 0.241 e. The molecule has 0 saturated carbocycles. The standard InChI is InChI=1S/C13H10F2NO2S/c14-11-6-12(15)8-13(7-11)19(17,18)16-9-10-4-2-1-3-5-10/h1-2,4-8,16H,9H2. The highest BCUT2D eigenvalue weighted by Gasteiger charge is 2.16. The maximum Gasteiger partial charge on any atom is 0.241 e. The Labute approximate surface area is 109 Å². The second kappa shape index (κ2) is 5.46. The molecule has 0 fully saturated rings. The molecule has 0 aliphatic heterocycles. The second-order valence-electron chi connectivity index (χ2n) is 3.84. The molecule has 0 atom stereocenters. The van der Waals surface area contributed by atoms with Crippen LogP contribution in [0.4, 0.5) is 8.78 Å². The van der Waals surface area contributed by atoms with Crippen LogP contribution in [-0.2, 0) is 16.6 Å². The van der Waals surface area contributed by atoms with Crippen molar-refractivity contribution in [3.05, 3.63) is 65.7 Å². The first-order valence-electron chi connectivity index (χ1n) is 5.38. The molecule has 1 radical (unpaired) electrons. The Bertz CT molecular complexity index is 652. The molecular weight excluding hydrogens is 272 g/mol. The fraction of sp³-hybridized carbons (Fsp3) is 0.0769. The molecule has 99 valence electrons. The minimum Gasteiger partial charge on any atom is -0.207 e. The summed E-state index contributed by atoms with van der Waals surface area (Å²) in [5, 5.41) is 0. The Morgan fingerprint density at radius 2 is 1.84 bits per heavy atom. The van der Waals surface area contributed by atoms with Crippen LogP contribution in [-0.4, -0.2) is 8.42 Å². The van der Waals surface area contributed by atoms with E-state index in [1.165, 1.54) is 0 Å². The van der Waals surface area contributed by atoms with Gasteiger partial charge in [-0.15, -0.1) is 0 Å². The molecule has 3 nitrogen and oxygen atoms in total. The van der Waals surface area contributed by atoms with Gasteiger partial charge in [-0.1, -0.05) is 18.2 Å². The lowest BCUT2D eigenvalue weighted by Crippen LogP contribution is -2.23. The van der Waals surface area contributed by atoms with Crippen LogP contribution in [0.3, 0.4) is 0 Å². The van der Waals surface area contributed by atoms with Gasteiger partial charge in [-0.2, -0.15) is 0 Å². The van der Waals surface area contributed by atoms with Crippen LogP contribution in [0.2, 0.25) is 0 Å². The lowest BCUT2D eigenvalue weighted by molar-refractivity contribution is 0.561. The predicted octanol–water partition coefficient (Wildman–Crippen LogP) is 2.24. The molecule has 0 heterocycles. The third-order valence-electron chi connectivity index (χ3n) is 2.38. The molecule has 0 aliphatic carbocycles. The average Bonchev–Trinajstić information content (AvgIpc) is 2.37. The van der Waals surface area contributed by atoms with E-state index in [0.717, 1.165) is 12.1 Å². The van der Waals surface area contributed by atoms with Crippen LogP contribution in [0.5, 0.6) is 0 Å². The monoisotopic (exact) mass is 282 g/mol. The highest BCUT2D eigenvalue weighted by molar-refractivity contribution is 7.89. The molecule has 6 heteroatoms.